The van der Waals surface area contributed by atoms with E-state index in [2.05, 4.69) is 15.6 Å². The first kappa shape index (κ1) is 24.1. The van der Waals surface area contributed by atoms with Crippen LogP contribution in [0, 0.1) is 12.3 Å². The Labute approximate surface area is 206 Å². The predicted octanol–water partition coefficient (Wildman–Crippen LogP) is 3.90. The highest BCUT2D eigenvalue weighted by Gasteiger charge is 2.15. The number of nitrogens with zero attached hydrogens (tertiary/aromatic N) is 2. The van der Waals surface area contributed by atoms with Gasteiger partial charge in [-0.05, 0) is 66.7 Å². The summed E-state index contributed by atoms with van der Waals surface area (Å²) >= 11 is 1.33. The lowest BCUT2D eigenvalue weighted by molar-refractivity contribution is 0.0998. The van der Waals surface area contributed by atoms with E-state index in [1.54, 1.807) is 23.8 Å². The van der Waals surface area contributed by atoms with E-state index in [0.29, 0.717) is 27.6 Å². The van der Waals surface area contributed by atoms with Crippen LogP contribution in [0.15, 0.2) is 76.6 Å². The second-order valence-corrected chi connectivity index (χ2v) is 9.98. The van der Waals surface area contributed by atoms with Crippen molar-refractivity contribution in [1.82, 2.24) is 4.57 Å². The SMILES string of the molecule is C#CCn1c(=NC(=O)c2ccc(NS(=O)(=O)c3ccc(OC)cc3)cc2)sc2cc(OC)ccc21. The number of hydrogen-bond acceptors (Lipinski definition) is 6. The highest BCUT2D eigenvalue weighted by atomic mass is 32.2. The van der Waals surface area contributed by atoms with Gasteiger partial charge >= 0.3 is 0 Å². The van der Waals surface area contributed by atoms with Gasteiger partial charge in [0.05, 0.1) is 35.9 Å². The molecule has 35 heavy (non-hydrogen) atoms. The predicted molar refractivity (Wildman–Crippen MR) is 135 cm³/mol. The Morgan fingerprint density at radius 3 is 2.31 bits per heavy atom. The van der Waals surface area contributed by atoms with Gasteiger partial charge in [0.15, 0.2) is 4.80 Å². The lowest BCUT2D eigenvalue weighted by Gasteiger charge is -2.09. The number of thiazole rings is 1. The zero-order valence-electron chi connectivity index (χ0n) is 18.9. The second-order valence-electron chi connectivity index (χ2n) is 7.28. The van der Waals surface area contributed by atoms with Gasteiger partial charge in [0.25, 0.3) is 15.9 Å². The molecule has 178 valence electrons. The maximum atomic E-state index is 12.8. The van der Waals surface area contributed by atoms with Crippen LogP contribution in [0.4, 0.5) is 5.69 Å². The zero-order valence-corrected chi connectivity index (χ0v) is 20.5. The van der Waals surface area contributed by atoms with Crippen molar-refractivity contribution < 1.29 is 22.7 Å². The van der Waals surface area contributed by atoms with Crippen molar-refractivity contribution in [3.8, 4) is 23.8 Å². The molecule has 0 saturated heterocycles. The Hall–Kier alpha value is -4.07. The minimum Gasteiger partial charge on any atom is -0.497 e. The second kappa shape index (κ2) is 10.0. The molecule has 0 fully saturated rings. The molecule has 1 amide bonds. The van der Waals surface area contributed by atoms with Crippen molar-refractivity contribution in [3.63, 3.8) is 0 Å². The van der Waals surface area contributed by atoms with Crippen LogP contribution in [0.5, 0.6) is 11.5 Å². The smallest absolute Gasteiger partial charge is 0.279 e. The average Bonchev–Trinajstić information content (AvgIpc) is 3.20. The summed E-state index contributed by atoms with van der Waals surface area (Å²) in [4.78, 5) is 17.7. The molecule has 0 aliphatic rings. The average molecular weight is 508 g/mol. The molecule has 0 unspecified atom stereocenters. The maximum Gasteiger partial charge on any atom is 0.279 e. The fraction of sp³-hybridized carbons (Fsp3) is 0.120. The van der Waals surface area contributed by atoms with Crippen LogP contribution in [0.3, 0.4) is 0 Å². The van der Waals surface area contributed by atoms with Crippen LogP contribution in [0.1, 0.15) is 10.4 Å². The molecule has 0 aliphatic carbocycles. The molecule has 0 bridgehead atoms. The fourth-order valence-electron chi connectivity index (χ4n) is 3.31. The number of fused-ring (bicyclic) bond motifs is 1. The quantitative estimate of drug-likeness (QED) is 0.383. The van der Waals surface area contributed by atoms with Gasteiger partial charge in [-0.15, -0.1) is 6.42 Å². The van der Waals surface area contributed by atoms with Crippen molar-refractivity contribution in [2.75, 3.05) is 18.9 Å². The Kier molecular flexibility index (Phi) is 6.91. The van der Waals surface area contributed by atoms with Crippen LogP contribution >= 0.6 is 11.3 Å². The number of anilines is 1. The summed E-state index contributed by atoms with van der Waals surface area (Å²) in [5.74, 6) is 3.36. The van der Waals surface area contributed by atoms with Crippen LogP contribution in [0.2, 0.25) is 0 Å². The first-order chi connectivity index (χ1) is 16.8. The van der Waals surface area contributed by atoms with Gasteiger partial charge in [0, 0.05) is 11.3 Å². The van der Waals surface area contributed by atoms with Gasteiger partial charge in [0.1, 0.15) is 11.5 Å². The number of terminal acetylenes is 1. The number of methoxy groups -OCH3 is 2. The van der Waals surface area contributed by atoms with Gasteiger partial charge in [-0.3, -0.25) is 9.52 Å². The topological polar surface area (TPSA) is 99.0 Å². The van der Waals surface area contributed by atoms with Crippen LogP contribution in [-0.2, 0) is 16.6 Å². The lowest BCUT2D eigenvalue weighted by atomic mass is 10.2. The maximum absolute atomic E-state index is 12.8. The Morgan fingerprint density at radius 1 is 1.03 bits per heavy atom. The minimum absolute atomic E-state index is 0.0907. The van der Waals surface area contributed by atoms with Gasteiger partial charge < -0.3 is 14.0 Å². The van der Waals surface area contributed by atoms with E-state index >= 15 is 0 Å². The molecule has 0 spiro atoms. The van der Waals surface area contributed by atoms with Crippen molar-refractivity contribution in [1.29, 1.82) is 0 Å². The van der Waals surface area contributed by atoms with E-state index in [1.165, 1.54) is 54.8 Å². The summed E-state index contributed by atoms with van der Waals surface area (Å²) in [6.45, 7) is 0.254. The number of rotatable bonds is 7. The third-order valence-corrected chi connectivity index (χ3v) is 7.53. The van der Waals surface area contributed by atoms with Crippen molar-refractivity contribution >= 4 is 43.2 Å². The number of aromatic nitrogens is 1. The molecule has 3 aromatic carbocycles. The number of amides is 1. The number of hydrogen-bond donors (Lipinski definition) is 1. The summed E-state index contributed by atoms with van der Waals surface area (Å²) in [6, 6.07) is 17.6. The van der Waals surface area contributed by atoms with E-state index in [-0.39, 0.29) is 11.4 Å². The first-order valence-electron chi connectivity index (χ1n) is 10.3. The Bertz CT molecular complexity index is 1590. The number of carbonyl (C=O) groups is 1. The third-order valence-electron chi connectivity index (χ3n) is 5.09. The van der Waals surface area contributed by atoms with Crippen molar-refractivity contribution in [3.05, 3.63) is 77.1 Å². The van der Waals surface area contributed by atoms with Gasteiger partial charge in [-0.25, -0.2) is 8.42 Å². The monoisotopic (exact) mass is 507 g/mol. The van der Waals surface area contributed by atoms with E-state index < -0.39 is 15.9 Å². The third kappa shape index (κ3) is 5.21. The zero-order chi connectivity index (χ0) is 25.0. The summed E-state index contributed by atoms with van der Waals surface area (Å²) in [6.07, 6.45) is 5.52. The Balaban J connectivity index is 1.59. The van der Waals surface area contributed by atoms with Gasteiger partial charge in [-0.2, -0.15) is 4.99 Å². The van der Waals surface area contributed by atoms with E-state index in [4.69, 9.17) is 15.9 Å². The Morgan fingerprint density at radius 2 is 1.69 bits per heavy atom. The molecule has 4 aromatic rings. The molecule has 1 aromatic heterocycles. The molecule has 0 saturated carbocycles. The summed E-state index contributed by atoms with van der Waals surface area (Å²) in [7, 11) is -0.711. The molecule has 4 rings (SSSR count). The van der Waals surface area contributed by atoms with E-state index in [1.807, 2.05) is 18.2 Å². The molecule has 0 radical (unpaired) electrons. The van der Waals surface area contributed by atoms with Crippen molar-refractivity contribution in [2.24, 2.45) is 4.99 Å². The number of benzene rings is 3. The molecule has 0 atom stereocenters. The fourth-order valence-corrected chi connectivity index (χ4v) is 5.43. The van der Waals surface area contributed by atoms with Crippen LogP contribution in [0.25, 0.3) is 10.2 Å². The molecule has 1 heterocycles. The molecule has 8 nitrogen and oxygen atoms in total. The van der Waals surface area contributed by atoms with E-state index in [9.17, 15) is 13.2 Å². The molecular weight excluding hydrogens is 486 g/mol. The highest BCUT2D eigenvalue weighted by molar-refractivity contribution is 7.92. The van der Waals surface area contributed by atoms with Crippen LogP contribution < -0.4 is 19.0 Å². The van der Waals surface area contributed by atoms with E-state index in [0.717, 1.165) is 10.2 Å². The standard InChI is InChI=1S/C25H21N3O5S2/c1-4-15-28-22-14-11-20(33-3)16-23(22)34-25(28)26-24(29)17-5-7-18(8-6-17)27-35(30,31)21-12-9-19(32-2)10-13-21/h1,5-14,16,27H,15H2,2-3H3. The number of carbonyl (C=O) groups excluding carboxylic acids is 1. The largest absolute Gasteiger partial charge is 0.497 e. The normalized spacial score (nSPS) is 11.7. The van der Waals surface area contributed by atoms with Gasteiger partial charge in [-0.1, -0.05) is 17.3 Å². The highest BCUT2D eigenvalue weighted by Crippen LogP contribution is 2.23. The van der Waals surface area contributed by atoms with Gasteiger partial charge in [0.2, 0.25) is 0 Å². The molecular formula is C25H21N3O5S2. The molecule has 1 N–H and O–H groups in total. The summed E-state index contributed by atoms with van der Waals surface area (Å²) in [5.41, 5.74) is 1.47. The first-order valence-corrected chi connectivity index (χ1v) is 12.6. The van der Waals surface area contributed by atoms with Crippen molar-refractivity contribution in [2.45, 2.75) is 11.4 Å². The lowest BCUT2D eigenvalue weighted by Crippen LogP contribution is -2.16. The number of nitrogens with one attached hydrogen (secondary N) is 1. The molecule has 0 aliphatic heterocycles. The minimum atomic E-state index is -3.80. The summed E-state index contributed by atoms with van der Waals surface area (Å²) < 4.78 is 40.7. The van der Waals surface area contributed by atoms with Crippen LogP contribution in [-0.4, -0.2) is 33.1 Å². The number of ether oxygens (including phenoxy) is 2. The number of sulfonamides is 1. The summed E-state index contributed by atoms with van der Waals surface area (Å²) in [5, 5.41) is 0. The molecule has 10 heteroatoms.